The highest BCUT2D eigenvalue weighted by atomic mass is 16.8. The van der Waals surface area contributed by atoms with Crippen LogP contribution in [0.1, 0.15) is 0 Å². The molecule has 208 valence electrons. The van der Waals surface area contributed by atoms with Gasteiger partial charge in [-0.05, 0) is 12.1 Å². The predicted octanol–water partition coefficient (Wildman–Crippen LogP) is -4.71. The number of aliphatic hydroxyl groups excluding tert-OH is 8. The van der Waals surface area contributed by atoms with Gasteiger partial charge in [-0.25, -0.2) is 4.84 Å². The molecule has 1 amide bonds. The van der Waals surface area contributed by atoms with Crippen LogP contribution in [0.4, 0.5) is 5.69 Å². The lowest BCUT2D eigenvalue weighted by Crippen LogP contribution is -2.62. The van der Waals surface area contributed by atoms with Gasteiger partial charge in [-0.1, -0.05) is 0 Å². The van der Waals surface area contributed by atoms with E-state index in [9.17, 15) is 45.6 Å². The summed E-state index contributed by atoms with van der Waals surface area (Å²) in [4.78, 5) is 18.9. The molecule has 37 heavy (non-hydrogen) atoms. The highest BCUT2D eigenvalue weighted by Crippen LogP contribution is 2.39. The highest BCUT2D eigenvalue weighted by Gasteiger charge is 2.50. The van der Waals surface area contributed by atoms with E-state index in [1.54, 1.807) is 0 Å². The van der Waals surface area contributed by atoms with Gasteiger partial charge in [0.1, 0.15) is 60.3 Å². The molecule has 8 N–H and O–H groups in total. The molecule has 0 saturated carbocycles. The second-order valence-corrected chi connectivity index (χ2v) is 8.55. The summed E-state index contributed by atoms with van der Waals surface area (Å²) in [6, 6.07) is 4.17. The standard InChI is InChI=1S/C21H29NO15/c1-32-7-2-3-8-9(4-7)33-21(36-19-16(29)14(27)12(25)10(5-23)34-19)18(31)22(8)37-20-17(30)15(28)13(26)11(6-24)35-20/h2-4,10-17,19-21,23-30H,5-6H2,1H3/t10-,11-,12-,13-,14+,15+,16-,17-,19+,20+,21-/m1/s1. The molecule has 3 aliphatic rings. The maximum absolute atomic E-state index is 13.3. The molecule has 1 aromatic carbocycles. The fourth-order valence-electron chi connectivity index (χ4n) is 4.02. The average Bonchev–Trinajstić information content (AvgIpc) is 2.90. The quantitative estimate of drug-likeness (QED) is 0.164. The molecule has 11 atom stereocenters. The number of hydrogen-bond acceptors (Lipinski definition) is 15. The summed E-state index contributed by atoms with van der Waals surface area (Å²) >= 11 is 0. The van der Waals surface area contributed by atoms with E-state index >= 15 is 0 Å². The Morgan fingerprint density at radius 1 is 0.838 bits per heavy atom. The summed E-state index contributed by atoms with van der Waals surface area (Å²) in [5.41, 5.74) is -0.0172. The van der Waals surface area contributed by atoms with Crippen LogP contribution in [0.25, 0.3) is 0 Å². The second kappa shape index (κ2) is 11.3. The number of hydroxylamine groups is 1. The van der Waals surface area contributed by atoms with Crippen molar-refractivity contribution in [1.29, 1.82) is 0 Å². The number of carbonyl (C=O) groups excluding carboxylic acids is 1. The molecule has 2 saturated heterocycles. The molecular formula is C21H29NO15. The maximum Gasteiger partial charge on any atom is 0.320 e. The van der Waals surface area contributed by atoms with Gasteiger partial charge in [-0.3, -0.25) is 4.79 Å². The Morgan fingerprint density at radius 3 is 1.97 bits per heavy atom. The number of methoxy groups -OCH3 is 1. The van der Waals surface area contributed by atoms with Gasteiger partial charge in [0.05, 0.1) is 20.3 Å². The SMILES string of the molecule is COc1ccc2c(c1)O[C@H](O[C@@H]1O[C@H](CO)[C@@H](O)[C@H](O)[C@H]1O)C(=O)N2O[C@@H]1O[C@H](CO)[C@@H](O)[C@H](O)[C@H]1O. The van der Waals surface area contributed by atoms with E-state index in [4.69, 9.17) is 28.5 Å². The molecule has 3 aliphatic heterocycles. The normalized spacial score (nSPS) is 40.2. The van der Waals surface area contributed by atoms with Gasteiger partial charge >= 0.3 is 5.91 Å². The van der Waals surface area contributed by atoms with Crippen molar-refractivity contribution >= 4 is 11.6 Å². The Kier molecular flexibility index (Phi) is 8.48. The van der Waals surface area contributed by atoms with Gasteiger partial charge in [0, 0.05) is 6.07 Å². The van der Waals surface area contributed by atoms with Crippen LogP contribution in [-0.4, -0.2) is 135 Å². The fraction of sp³-hybridized carbons (Fsp3) is 0.667. The van der Waals surface area contributed by atoms with Crippen molar-refractivity contribution < 1.29 is 74.2 Å². The van der Waals surface area contributed by atoms with E-state index in [0.29, 0.717) is 10.8 Å². The first-order valence-electron chi connectivity index (χ1n) is 11.2. The molecule has 16 nitrogen and oxygen atoms in total. The first kappa shape index (κ1) is 27.8. The Hall–Kier alpha value is -2.19. The molecule has 0 spiro atoms. The zero-order valence-corrected chi connectivity index (χ0v) is 19.4. The number of amides is 1. The van der Waals surface area contributed by atoms with Crippen LogP contribution < -0.4 is 14.5 Å². The van der Waals surface area contributed by atoms with E-state index < -0.39 is 86.8 Å². The van der Waals surface area contributed by atoms with Gasteiger partial charge in [-0.15, -0.1) is 0 Å². The zero-order valence-electron chi connectivity index (χ0n) is 19.4. The molecular weight excluding hydrogens is 506 g/mol. The Labute approximate surface area is 209 Å². The van der Waals surface area contributed by atoms with Crippen molar-refractivity contribution in [3.8, 4) is 11.5 Å². The summed E-state index contributed by atoms with van der Waals surface area (Å²) in [7, 11) is 1.37. The van der Waals surface area contributed by atoms with Gasteiger partial charge in [0.15, 0.2) is 12.0 Å². The third-order valence-electron chi connectivity index (χ3n) is 6.19. The second-order valence-electron chi connectivity index (χ2n) is 8.55. The Bertz CT molecular complexity index is 947. The van der Waals surface area contributed by atoms with Gasteiger partial charge in [-0.2, -0.15) is 5.06 Å². The van der Waals surface area contributed by atoms with Crippen molar-refractivity contribution in [3.05, 3.63) is 18.2 Å². The summed E-state index contributed by atoms with van der Waals surface area (Å²) < 4.78 is 26.8. The number of benzene rings is 1. The lowest BCUT2D eigenvalue weighted by molar-refractivity contribution is -0.327. The van der Waals surface area contributed by atoms with E-state index in [2.05, 4.69) is 0 Å². The monoisotopic (exact) mass is 535 g/mol. The third kappa shape index (κ3) is 5.24. The smallest absolute Gasteiger partial charge is 0.320 e. The first-order chi connectivity index (χ1) is 17.6. The predicted molar refractivity (Wildman–Crippen MR) is 115 cm³/mol. The molecule has 4 rings (SSSR count). The van der Waals surface area contributed by atoms with Crippen molar-refractivity contribution in [2.45, 2.75) is 67.7 Å². The minimum atomic E-state index is -1.90. The molecule has 0 radical (unpaired) electrons. The van der Waals surface area contributed by atoms with Gasteiger partial charge < -0.3 is 64.5 Å². The molecule has 3 heterocycles. The number of nitrogens with zero attached hydrogens (tertiary/aromatic N) is 1. The number of hydrogen-bond donors (Lipinski definition) is 8. The van der Waals surface area contributed by atoms with Crippen molar-refractivity contribution in [2.24, 2.45) is 0 Å². The van der Waals surface area contributed by atoms with E-state index in [1.165, 1.54) is 25.3 Å². The summed E-state index contributed by atoms with van der Waals surface area (Å²) in [5.74, 6) is -0.822. The third-order valence-corrected chi connectivity index (χ3v) is 6.19. The summed E-state index contributed by atoms with van der Waals surface area (Å²) in [5, 5.41) is 80.1. The lowest BCUT2D eigenvalue weighted by atomic mass is 9.99. The van der Waals surface area contributed by atoms with Crippen LogP contribution in [0.3, 0.4) is 0 Å². The van der Waals surface area contributed by atoms with Crippen molar-refractivity contribution in [1.82, 2.24) is 0 Å². The topological polar surface area (TPSA) is 238 Å². The number of rotatable bonds is 7. The van der Waals surface area contributed by atoms with Gasteiger partial charge in [0.25, 0.3) is 6.29 Å². The average molecular weight is 535 g/mol. The molecule has 0 aromatic heterocycles. The van der Waals surface area contributed by atoms with Crippen LogP contribution in [0.5, 0.6) is 11.5 Å². The summed E-state index contributed by atoms with van der Waals surface area (Å²) in [6.45, 7) is -1.48. The molecule has 1 aromatic rings. The van der Waals surface area contributed by atoms with Crippen LogP contribution >= 0.6 is 0 Å². The largest absolute Gasteiger partial charge is 0.497 e. The first-order valence-corrected chi connectivity index (χ1v) is 11.2. The molecule has 0 aliphatic carbocycles. The number of ether oxygens (including phenoxy) is 5. The lowest BCUT2D eigenvalue weighted by Gasteiger charge is -2.43. The van der Waals surface area contributed by atoms with Crippen LogP contribution in [0, 0.1) is 0 Å². The molecule has 0 bridgehead atoms. The van der Waals surface area contributed by atoms with Crippen LogP contribution in [-0.2, 0) is 23.8 Å². The zero-order chi connectivity index (χ0) is 27.0. The number of aliphatic hydroxyl groups is 8. The van der Waals surface area contributed by atoms with Crippen LogP contribution in [0.15, 0.2) is 18.2 Å². The minimum Gasteiger partial charge on any atom is -0.497 e. The summed E-state index contributed by atoms with van der Waals surface area (Å²) in [6.07, 6.45) is -18.6. The van der Waals surface area contributed by atoms with Crippen LogP contribution in [0.2, 0.25) is 0 Å². The van der Waals surface area contributed by atoms with E-state index in [1.807, 2.05) is 0 Å². The minimum absolute atomic E-state index is 0.0172. The van der Waals surface area contributed by atoms with Crippen molar-refractivity contribution in [3.63, 3.8) is 0 Å². The Balaban J connectivity index is 1.61. The van der Waals surface area contributed by atoms with E-state index in [-0.39, 0.29) is 11.4 Å². The molecule has 2 fully saturated rings. The Morgan fingerprint density at radius 2 is 1.41 bits per heavy atom. The highest BCUT2D eigenvalue weighted by molar-refractivity contribution is 5.97. The molecule has 0 unspecified atom stereocenters. The number of fused-ring (bicyclic) bond motifs is 1. The van der Waals surface area contributed by atoms with Crippen molar-refractivity contribution in [2.75, 3.05) is 25.4 Å². The van der Waals surface area contributed by atoms with Gasteiger partial charge in [0.2, 0.25) is 6.29 Å². The molecule has 16 heteroatoms. The van der Waals surface area contributed by atoms with E-state index in [0.717, 1.165) is 0 Å². The number of carbonyl (C=O) groups is 1. The fourth-order valence-corrected chi connectivity index (χ4v) is 4.02. The maximum atomic E-state index is 13.3. The number of anilines is 1.